The Labute approximate surface area is 193 Å². The molecule has 0 saturated carbocycles. The first-order chi connectivity index (χ1) is 15.5. The number of methoxy groups -OCH3 is 2. The lowest BCUT2D eigenvalue weighted by Crippen LogP contribution is -2.37. The van der Waals surface area contributed by atoms with Crippen molar-refractivity contribution in [3.63, 3.8) is 0 Å². The molecule has 32 heavy (non-hydrogen) atoms. The van der Waals surface area contributed by atoms with Gasteiger partial charge >= 0.3 is 0 Å². The molecule has 4 rings (SSSR count). The van der Waals surface area contributed by atoms with Gasteiger partial charge in [-0.3, -0.25) is 9.79 Å². The summed E-state index contributed by atoms with van der Waals surface area (Å²) in [7, 11) is 3.27. The molecule has 1 unspecified atom stereocenters. The van der Waals surface area contributed by atoms with E-state index in [9.17, 15) is 4.79 Å². The van der Waals surface area contributed by atoms with Crippen LogP contribution < -0.4 is 14.4 Å². The molecule has 1 atom stereocenters. The smallest absolute Gasteiger partial charge is 0.252 e. The van der Waals surface area contributed by atoms with Crippen LogP contribution in [0.4, 0.5) is 5.69 Å². The van der Waals surface area contributed by atoms with E-state index in [1.54, 1.807) is 14.2 Å². The Bertz CT molecular complexity index is 1140. The number of amides is 1. The van der Waals surface area contributed by atoms with E-state index in [4.69, 9.17) is 26.1 Å². The molecule has 0 radical (unpaired) electrons. The number of halogens is 1. The van der Waals surface area contributed by atoms with E-state index < -0.39 is 6.04 Å². The zero-order valence-electron chi connectivity index (χ0n) is 18.3. The minimum absolute atomic E-state index is 0.0320. The third-order valence-corrected chi connectivity index (χ3v) is 5.83. The normalized spacial score (nSPS) is 15.6. The van der Waals surface area contributed by atoms with Gasteiger partial charge < -0.3 is 14.4 Å². The van der Waals surface area contributed by atoms with Crippen molar-refractivity contribution < 1.29 is 14.3 Å². The van der Waals surface area contributed by atoms with Crippen molar-refractivity contribution in [2.45, 2.75) is 25.9 Å². The first kappa shape index (κ1) is 21.9. The second kappa shape index (κ2) is 9.45. The molecule has 1 heterocycles. The number of hydrogen-bond acceptors (Lipinski definition) is 4. The van der Waals surface area contributed by atoms with Gasteiger partial charge in [0.1, 0.15) is 17.5 Å². The minimum atomic E-state index is -0.489. The molecule has 6 heteroatoms. The molecule has 0 fully saturated rings. The molecule has 0 bridgehead atoms. The van der Waals surface area contributed by atoms with Crippen molar-refractivity contribution in [3.8, 4) is 11.5 Å². The zero-order chi connectivity index (χ0) is 22.7. The summed E-state index contributed by atoms with van der Waals surface area (Å²) in [6.07, 6.45) is 0.597. The van der Waals surface area contributed by atoms with Crippen molar-refractivity contribution in [2.24, 2.45) is 4.99 Å². The number of hydrogen-bond donors (Lipinski definition) is 0. The predicted octanol–water partition coefficient (Wildman–Crippen LogP) is 5.52. The minimum Gasteiger partial charge on any atom is -0.497 e. The van der Waals surface area contributed by atoms with E-state index in [1.165, 1.54) is 0 Å². The van der Waals surface area contributed by atoms with Gasteiger partial charge in [-0.15, -0.1) is 0 Å². The molecule has 3 aromatic rings. The van der Waals surface area contributed by atoms with Crippen molar-refractivity contribution in [2.75, 3.05) is 19.1 Å². The number of benzodiazepines with no additional fused rings is 1. The first-order valence-electron chi connectivity index (χ1n) is 10.5. The average molecular weight is 449 g/mol. The predicted molar refractivity (Wildman–Crippen MR) is 128 cm³/mol. The fourth-order valence-electron chi connectivity index (χ4n) is 3.83. The third kappa shape index (κ3) is 4.34. The van der Waals surface area contributed by atoms with E-state index >= 15 is 0 Å². The highest BCUT2D eigenvalue weighted by Crippen LogP contribution is 2.33. The van der Waals surface area contributed by atoms with Gasteiger partial charge in [0.25, 0.3) is 5.91 Å². The molecule has 0 saturated heterocycles. The zero-order valence-corrected chi connectivity index (χ0v) is 19.1. The van der Waals surface area contributed by atoms with Crippen molar-refractivity contribution >= 4 is 28.9 Å². The highest BCUT2D eigenvalue weighted by molar-refractivity contribution is 6.32. The molecule has 3 aromatic carbocycles. The Morgan fingerprint density at radius 1 is 0.938 bits per heavy atom. The molecule has 1 aliphatic heterocycles. The van der Waals surface area contributed by atoms with Crippen LogP contribution in [-0.4, -0.2) is 31.9 Å². The standard InChI is InChI=1S/C26H25ClN2O3/c1-4-23-26(30)29(16-17-5-10-20(31-2)11-6-17)24-14-9-19(27)15-22(24)25(28-23)18-7-12-21(32-3)13-8-18/h5-15,23H,4,16H2,1-3H3. The molecule has 164 valence electrons. The largest absolute Gasteiger partial charge is 0.497 e. The van der Waals surface area contributed by atoms with E-state index in [1.807, 2.05) is 78.6 Å². The van der Waals surface area contributed by atoms with Gasteiger partial charge in [-0.05, 0) is 66.6 Å². The van der Waals surface area contributed by atoms with E-state index in [-0.39, 0.29) is 5.91 Å². The number of carbonyl (C=O) groups is 1. The number of benzene rings is 3. The van der Waals surface area contributed by atoms with Gasteiger partial charge in [0.2, 0.25) is 0 Å². The highest BCUT2D eigenvalue weighted by Gasteiger charge is 2.31. The topological polar surface area (TPSA) is 51.1 Å². The van der Waals surface area contributed by atoms with Crippen LogP contribution in [0, 0.1) is 0 Å². The molecule has 0 aromatic heterocycles. The molecular weight excluding hydrogens is 424 g/mol. The fraction of sp³-hybridized carbons (Fsp3) is 0.231. The van der Waals surface area contributed by atoms with Crippen LogP contribution in [0.25, 0.3) is 0 Å². The summed E-state index contributed by atoms with van der Waals surface area (Å²) in [5, 5.41) is 0.594. The number of anilines is 1. The Hall–Kier alpha value is -3.31. The number of rotatable bonds is 6. The van der Waals surface area contributed by atoms with Crippen LogP contribution in [-0.2, 0) is 11.3 Å². The highest BCUT2D eigenvalue weighted by atomic mass is 35.5. The fourth-order valence-corrected chi connectivity index (χ4v) is 4.01. The SMILES string of the molecule is CCC1N=C(c2ccc(OC)cc2)c2cc(Cl)ccc2N(Cc2ccc(OC)cc2)C1=O. The van der Waals surface area contributed by atoms with Crippen LogP contribution in [0.15, 0.2) is 71.7 Å². The maximum absolute atomic E-state index is 13.6. The Balaban J connectivity index is 1.82. The Morgan fingerprint density at radius 3 is 2.16 bits per heavy atom. The van der Waals surface area contributed by atoms with Gasteiger partial charge in [-0.1, -0.05) is 30.7 Å². The summed E-state index contributed by atoms with van der Waals surface area (Å²) in [4.78, 5) is 20.3. The molecular formula is C26H25ClN2O3. The summed E-state index contributed by atoms with van der Waals surface area (Å²) < 4.78 is 10.6. The summed E-state index contributed by atoms with van der Waals surface area (Å²) in [6.45, 7) is 2.41. The average Bonchev–Trinajstić information content (AvgIpc) is 2.94. The second-order valence-electron chi connectivity index (χ2n) is 7.56. The first-order valence-corrected chi connectivity index (χ1v) is 10.9. The van der Waals surface area contributed by atoms with Gasteiger partial charge in [-0.2, -0.15) is 0 Å². The van der Waals surface area contributed by atoms with Crippen LogP contribution >= 0.6 is 11.6 Å². The number of carbonyl (C=O) groups excluding carboxylic acids is 1. The molecule has 1 aliphatic rings. The lowest BCUT2D eigenvalue weighted by Gasteiger charge is -2.25. The summed E-state index contributed by atoms with van der Waals surface area (Å²) in [6, 6.07) is 20.5. The van der Waals surface area contributed by atoms with Gasteiger partial charge in [0.15, 0.2) is 0 Å². The van der Waals surface area contributed by atoms with Gasteiger partial charge in [0, 0.05) is 16.1 Å². The lowest BCUT2D eigenvalue weighted by atomic mass is 9.99. The molecule has 0 aliphatic carbocycles. The van der Waals surface area contributed by atoms with Gasteiger partial charge in [-0.25, -0.2) is 0 Å². The Kier molecular flexibility index (Phi) is 6.47. The van der Waals surface area contributed by atoms with Crippen molar-refractivity contribution in [1.82, 2.24) is 0 Å². The third-order valence-electron chi connectivity index (χ3n) is 5.59. The van der Waals surface area contributed by atoms with Crippen LogP contribution in [0.3, 0.4) is 0 Å². The Morgan fingerprint density at radius 2 is 1.56 bits per heavy atom. The monoisotopic (exact) mass is 448 g/mol. The van der Waals surface area contributed by atoms with Crippen LogP contribution in [0.5, 0.6) is 11.5 Å². The maximum Gasteiger partial charge on any atom is 0.252 e. The molecule has 0 spiro atoms. The van der Waals surface area contributed by atoms with Crippen LogP contribution in [0.2, 0.25) is 5.02 Å². The quantitative estimate of drug-likeness (QED) is 0.499. The van der Waals surface area contributed by atoms with Crippen LogP contribution in [0.1, 0.15) is 30.0 Å². The van der Waals surface area contributed by atoms with Gasteiger partial charge in [0.05, 0.1) is 32.2 Å². The molecule has 5 nitrogen and oxygen atoms in total. The lowest BCUT2D eigenvalue weighted by molar-refractivity contribution is -0.119. The second-order valence-corrected chi connectivity index (χ2v) is 8.00. The summed E-state index contributed by atoms with van der Waals surface area (Å²) in [5.41, 5.74) is 4.29. The molecule has 1 amide bonds. The van der Waals surface area contributed by atoms with E-state index in [0.717, 1.165) is 39.6 Å². The van der Waals surface area contributed by atoms with Crippen molar-refractivity contribution in [1.29, 1.82) is 0 Å². The maximum atomic E-state index is 13.6. The number of aliphatic imine (C=N–C) groups is 1. The van der Waals surface area contributed by atoms with E-state index in [2.05, 4.69) is 0 Å². The molecule has 0 N–H and O–H groups in total. The summed E-state index contributed by atoms with van der Waals surface area (Å²) >= 11 is 6.39. The van der Waals surface area contributed by atoms with E-state index in [0.29, 0.717) is 18.0 Å². The summed E-state index contributed by atoms with van der Waals surface area (Å²) in [5.74, 6) is 1.51. The van der Waals surface area contributed by atoms with Crippen molar-refractivity contribution in [3.05, 3.63) is 88.4 Å². The number of ether oxygens (including phenoxy) is 2. The number of fused-ring (bicyclic) bond motifs is 1. The number of nitrogens with zero attached hydrogens (tertiary/aromatic N) is 2.